The monoisotopic (exact) mass is 295 g/mol. The average Bonchev–Trinajstić information content (AvgIpc) is 3.22. The van der Waals surface area contributed by atoms with E-state index in [-0.39, 0.29) is 23.4 Å². The average molecular weight is 296 g/mol. The van der Waals surface area contributed by atoms with Gasteiger partial charge in [0.25, 0.3) is 0 Å². The molecule has 4 nitrogen and oxygen atoms in total. The summed E-state index contributed by atoms with van der Waals surface area (Å²) in [5.41, 5.74) is -0.334. The Morgan fingerprint density at radius 3 is 2.85 bits per heavy atom. The second-order valence-corrected chi connectivity index (χ2v) is 5.52. The van der Waals surface area contributed by atoms with Crippen LogP contribution in [0.5, 0.6) is 0 Å². The molecular formula is C14H15ClFN3O. The van der Waals surface area contributed by atoms with Gasteiger partial charge in [-0.05, 0) is 43.9 Å². The van der Waals surface area contributed by atoms with Crippen molar-refractivity contribution in [2.75, 3.05) is 11.9 Å². The van der Waals surface area contributed by atoms with Crippen LogP contribution in [0.1, 0.15) is 19.8 Å². The Morgan fingerprint density at radius 2 is 2.30 bits per heavy atom. The second kappa shape index (κ2) is 5.68. The fourth-order valence-corrected chi connectivity index (χ4v) is 2.26. The first kappa shape index (κ1) is 14.6. The maximum atomic E-state index is 12.9. The number of nitrogens with one attached hydrogen (secondary N) is 2. The quantitative estimate of drug-likeness (QED) is 0.878. The van der Waals surface area contributed by atoms with Crippen LogP contribution in [0.25, 0.3) is 0 Å². The fraction of sp³-hybridized carbons (Fsp3) is 0.429. The van der Waals surface area contributed by atoms with Gasteiger partial charge >= 0.3 is 0 Å². The maximum Gasteiger partial charge on any atom is 0.240 e. The van der Waals surface area contributed by atoms with E-state index in [4.69, 9.17) is 16.9 Å². The van der Waals surface area contributed by atoms with Crippen LogP contribution in [0, 0.1) is 23.1 Å². The molecule has 1 fully saturated rings. The second-order valence-electron chi connectivity index (χ2n) is 5.11. The molecule has 0 saturated heterocycles. The number of carbonyl (C=O) groups is 1. The van der Waals surface area contributed by atoms with Crippen LogP contribution in [-0.2, 0) is 4.79 Å². The molecule has 0 aliphatic heterocycles. The summed E-state index contributed by atoms with van der Waals surface area (Å²) in [6.07, 6.45) is 1.92. The summed E-state index contributed by atoms with van der Waals surface area (Å²) < 4.78 is 12.9. The molecule has 6 heteroatoms. The maximum absolute atomic E-state index is 12.9. The van der Waals surface area contributed by atoms with E-state index in [9.17, 15) is 9.18 Å². The molecule has 1 aliphatic carbocycles. The van der Waals surface area contributed by atoms with Gasteiger partial charge in [0.1, 0.15) is 11.4 Å². The largest absolute Gasteiger partial charge is 0.375 e. The third-order valence-corrected chi connectivity index (χ3v) is 3.71. The van der Waals surface area contributed by atoms with Gasteiger partial charge in [0.05, 0.1) is 23.3 Å². The topological polar surface area (TPSA) is 64.9 Å². The number of hydrogen-bond donors (Lipinski definition) is 2. The van der Waals surface area contributed by atoms with Crippen LogP contribution < -0.4 is 10.6 Å². The summed E-state index contributed by atoms with van der Waals surface area (Å²) in [7, 11) is 0. The SMILES string of the molecule is CC(C#N)(NC(=O)CNc1ccc(F)cc1Cl)C1CC1. The molecule has 1 aromatic rings. The number of halogens is 2. The number of nitriles is 1. The molecular weight excluding hydrogens is 281 g/mol. The van der Waals surface area contributed by atoms with Crippen LogP contribution in [0.2, 0.25) is 5.02 Å². The Kier molecular flexibility index (Phi) is 4.15. The standard InChI is InChI=1S/C14H15ClFN3O/c1-14(8-17,9-2-3-9)19-13(20)7-18-12-5-4-10(16)6-11(12)15/h4-6,9,18H,2-3,7H2,1H3,(H,19,20). The number of anilines is 1. The summed E-state index contributed by atoms with van der Waals surface area (Å²) in [5, 5.41) is 14.9. The highest BCUT2D eigenvalue weighted by molar-refractivity contribution is 6.33. The zero-order chi connectivity index (χ0) is 14.8. The van der Waals surface area contributed by atoms with Gasteiger partial charge in [-0.25, -0.2) is 4.39 Å². The van der Waals surface area contributed by atoms with Crippen LogP contribution >= 0.6 is 11.6 Å². The fourth-order valence-electron chi connectivity index (χ4n) is 2.02. The third-order valence-electron chi connectivity index (χ3n) is 3.40. The summed E-state index contributed by atoms with van der Waals surface area (Å²) in [5.74, 6) is -0.497. The van der Waals surface area contributed by atoms with Crippen molar-refractivity contribution in [3.8, 4) is 6.07 Å². The summed E-state index contributed by atoms with van der Waals surface area (Å²) in [6, 6.07) is 6.05. The Hall–Kier alpha value is -1.80. The minimum Gasteiger partial charge on any atom is -0.375 e. The van der Waals surface area contributed by atoms with E-state index in [2.05, 4.69) is 16.7 Å². The van der Waals surface area contributed by atoms with E-state index in [0.29, 0.717) is 5.69 Å². The molecule has 1 aliphatic rings. The lowest BCUT2D eigenvalue weighted by Crippen LogP contribution is -2.48. The number of carbonyl (C=O) groups excluding carboxylic acids is 1. The van der Waals surface area contributed by atoms with Crippen LogP contribution in [-0.4, -0.2) is 18.0 Å². The van der Waals surface area contributed by atoms with E-state index in [1.54, 1.807) is 6.92 Å². The van der Waals surface area contributed by atoms with Gasteiger partial charge in [-0.15, -0.1) is 0 Å². The smallest absolute Gasteiger partial charge is 0.240 e. The van der Waals surface area contributed by atoms with Gasteiger partial charge in [0.15, 0.2) is 0 Å². The highest BCUT2D eigenvalue weighted by Crippen LogP contribution is 2.39. The molecule has 106 valence electrons. The van der Waals surface area contributed by atoms with Crippen molar-refractivity contribution < 1.29 is 9.18 Å². The molecule has 0 heterocycles. The number of hydrogen-bond acceptors (Lipinski definition) is 3. The molecule has 20 heavy (non-hydrogen) atoms. The first-order valence-corrected chi connectivity index (χ1v) is 6.73. The van der Waals surface area contributed by atoms with E-state index in [1.807, 2.05) is 0 Å². The summed E-state index contributed by atoms with van der Waals surface area (Å²) in [4.78, 5) is 11.9. The first-order valence-electron chi connectivity index (χ1n) is 6.36. The normalized spacial score (nSPS) is 16.9. The lowest BCUT2D eigenvalue weighted by Gasteiger charge is -2.23. The molecule has 2 N–H and O–H groups in total. The molecule has 0 aromatic heterocycles. The van der Waals surface area contributed by atoms with Gasteiger partial charge in [-0.3, -0.25) is 4.79 Å². The Bertz CT molecular complexity index is 568. The zero-order valence-electron chi connectivity index (χ0n) is 11.0. The van der Waals surface area contributed by atoms with E-state index in [1.165, 1.54) is 18.2 Å². The summed E-state index contributed by atoms with van der Waals surface area (Å²) in [6.45, 7) is 1.71. The minimum atomic E-state index is -0.814. The predicted octanol–water partition coefficient (Wildman–Crippen LogP) is 2.70. The number of rotatable bonds is 5. The molecule has 0 spiro atoms. The van der Waals surface area contributed by atoms with Gasteiger partial charge in [0, 0.05) is 0 Å². The lowest BCUT2D eigenvalue weighted by atomic mass is 9.98. The van der Waals surface area contributed by atoms with Crippen molar-refractivity contribution >= 4 is 23.2 Å². The van der Waals surface area contributed by atoms with Crippen molar-refractivity contribution in [1.82, 2.24) is 5.32 Å². The van der Waals surface area contributed by atoms with Crippen LogP contribution in [0.15, 0.2) is 18.2 Å². The molecule has 0 bridgehead atoms. The molecule has 0 radical (unpaired) electrons. The number of benzene rings is 1. The zero-order valence-corrected chi connectivity index (χ0v) is 11.8. The van der Waals surface area contributed by atoms with Crippen molar-refractivity contribution in [2.45, 2.75) is 25.3 Å². The van der Waals surface area contributed by atoms with Crippen molar-refractivity contribution in [3.63, 3.8) is 0 Å². The van der Waals surface area contributed by atoms with Gasteiger partial charge in [-0.2, -0.15) is 5.26 Å². The molecule has 2 rings (SSSR count). The minimum absolute atomic E-state index is 0.0185. The van der Waals surface area contributed by atoms with E-state index >= 15 is 0 Å². The van der Waals surface area contributed by atoms with Gasteiger partial charge in [0.2, 0.25) is 5.91 Å². The number of nitrogens with zero attached hydrogens (tertiary/aromatic N) is 1. The third kappa shape index (κ3) is 3.40. The van der Waals surface area contributed by atoms with Crippen molar-refractivity contribution in [1.29, 1.82) is 5.26 Å². The Morgan fingerprint density at radius 1 is 1.60 bits per heavy atom. The number of amides is 1. The van der Waals surface area contributed by atoms with Gasteiger partial charge in [-0.1, -0.05) is 11.6 Å². The van der Waals surface area contributed by atoms with Crippen LogP contribution in [0.4, 0.5) is 10.1 Å². The lowest BCUT2D eigenvalue weighted by molar-refractivity contribution is -0.120. The highest BCUT2D eigenvalue weighted by atomic mass is 35.5. The first-order chi connectivity index (χ1) is 9.44. The Balaban J connectivity index is 1.90. The van der Waals surface area contributed by atoms with E-state index < -0.39 is 11.4 Å². The molecule has 1 unspecified atom stereocenters. The molecule has 1 atom stereocenters. The van der Waals surface area contributed by atoms with Crippen LogP contribution in [0.3, 0.4) is 0 Å². The molecule has 1 saturated carbocycles. The van der Waals surface area contributed by atoms with Crippen molar-refractivity contribution in [2.24, 2.45) is 5.92 Å². The van der Waals surface area contributed by atoms with Crippen molar-refractivity contribution in [3.05, 3.63) is 29.0 Å². The molecule has 1 amide bonds. The Labute approximate surface area is 121 Å². The summed E-state index contributed by atoms with van der Waals surface area (Å²) >= 11 is 5.85. The molecule has 1 aromatic carbocycles. The van der Waals surface area contributed by atoms with E-state index in [0.717, 1.165) is 12.8 Å². The van der Waals surface area contributed by atoms with Gasteiger partial charge < -0.3 is 10.6 Å². The predicted molar refractivity (Wildman–Crippen MR) is 74.8 cm³/mol. The highest BCUT2D eigenvalue weighted by Gasteiger charge is 2.42.